The molecule has 0 bridgehead atoms. The first-order chi connectivity index (χ1) is 5.92. The monoisotopic (exact) mass is 163 g/mol. The fourth-order valence-corrected chi connectivity index (χ4v) is 1.95. The van der Waals surface area contributed by atoms with Crippen LogP contribution in [0.3, 0.4) is 0 Å². The Bertz CT molecular complexity index is 263. The van der Waals surface area contributed by atoms with Gasteiger partial charge in [0.05, 0.1) is 5.71 Å². The lowest BCUT2D eigenvalue weighted by Gasteiger charge is -2.11. The van der Waals surface area contributed by atoms with Gasteiger partial charge in [-0.05, 0) is 30.8 Å². The molecule has 0 aliphatic heterocycles. The minimum absolute atomic E-state index is 0.712. The van der Waals surface area contributed by atoms with E-state index in [1.54, 1.807) is 7.11 Å². The number of fused-ring (bicyclic) bond motifs is 1. The number of allylic oxidation sites excluding steroid dienone is 4. The number of hydrogen-bond acceptors (Lipinski definition) is 2. The quantitative estimate of drug-likeness (QED) is 0.543. The lowest BCUT2D eigenvalue weighted by Crippen LogP contribution is -2.03. The molecule has 1 atom stereocenters. The second-order valence-electron chi connectivity index (χ2n) is 3.24. The Hall–Kier alpha value is -1.05. The van der Waals surface area contributed by atoms with E-state index < -0.39 is 0 Å². The molecule has 0 aromatic rings. The van der Waals surface area contributed by atoms with Gasteiger partial charge in [0.2, 0.25) is 0 Å². The van der Waals surface area contributed by atoms with Crippen LogP contribution in [0.15, 0.2) is 29.0 Å². The van der Waals surface area contributed by atoms with E-state index in [4.69, 9.17) is 4.84 Å². The molecule has 0 radical (unpaired) electrons. The Labute approximate surface area is 72.6 Å². The number of nitrogens with zero attached hydrogens (tertiary/aromatic N) is 1. The highest BCUT2D eigenvalue weighted by molar-refractivity contribution is 6.02. The largest absolute Gasteiger partial charge is 0.399 e. The molecule has 2 rings (SSSR count). The molecule has 0 heterocycles. The van der Waals surface area contributed by atoms with E-state index in [2.05, 4.69) is 23.4 Å². The standard InChI is InChI=1S/C10H13NO/c1-12-11-10-7-6-8-4-2-3-5-9(8)10/h2-3,5,8H,4,6-7H2,1H3. The van der Waals surface area contributed by atoms with Crippen molar-refractivity contribution in [2.45, 2.75) is 19.3 Å². The molecule has 2 aliphatic rings. The maximum Gasteiger partial charge on any atom is 0.106 e. The minimum Gasteiger partial charge on any atom is -0.399 e. The Kier molecular flexibility index (Phi) is 1.98. The van der Waals surface area contributed by atoms with Crippen molar-refractivity contribution in [2.75, 3.05) is 7.11 Å². The fourth-order valence-electron chi connectivity index (χ4n) is 1.95. The van der Waals surface area contributed by atoms with Crippen molar-refractivity contribution in [2.24, 2.45) is 11.1 Å². The van der Waals surface area contributed by atoms with Gasteiger partial charge in [0.1, 0.15) is 7.11 Å². The molecular weight excluding hydrogens is 150 g/mol. The van der Waals surface area contributed by atoms with Gasteiger partial charge in [0, 0.05) is 0 Å². The van der Waals surface area contributed by atoms with Gasteiger partial charge in [-0.15, -0.1) is 0 Å². The molecule has 12 heavy (non-hydrogen) atoms. The van der Waals surface area contributed by atoms with Gasteiger partial charge in [0.25, 0.3) is 0 Å². The molecule has 2 heteroatoms. The molecule has 1 fully saturated rings. The predicted octanol–water partition coefficient (Wildman–Crippen LogP) is 2.29. The van der Waals surface area contributed by atoms with Gasteiger partial charge in [-0.3, -0.25) is 0 Å². The zero-order valence-corrected chi connectivity index (χ0v) is 7.29. The SMILES string of the molecule is CON=C1CCC2CC=CC=C12. The highest BCUT2D eigenvalue weighted by Crippen LogP contribution is 2.34. The van der Waals surface area contributed by atoms with Crippen molar-refractivity contribution in [3.63, 3.8) is 0 Å². The molecule has 0 spiro atoms. The normalized spacial score (nSPS) is 30.2. The fraction of sp³-hybridized carbons (Fsp3) is 0.500. The van der Waals surface area contributed by atoms with Crippen molar-refractivity contribution in [1.82, 2.24) is 0 Å². The summed E-state index contributed by atoms with van der Waals surface area (Å²) >= 11 is 0. The molecule has 0 saturated heterocycles. The van der Waals surface area contributed by atoms with Crippen LogP contribution in [0.5, 0.6) is 0 Å². The summed E-state index contributed by atoms with van der Waals surface area (Å²) < 4.78 is 0. The molecule has 0 amide bonds. The highest BCUT2D eigenvalue weighted by atomic mass is 16.6. The van der Waals surface area contributed by atoms with Crippen molar-refractivity contribution in [3.05, 3.63) is 23.8 Å². The predicted molar refractivity (Wildman–Crippen MR) is 49.0 cm³/mol. The molecule has 64 valence electrons. The van der Waals surface area contributed by atoms with Crippen LogP contribution in [0.1, 0.15) is 19.3 Å². The average molecular weight is 163 g/mol. The van der Waals surface area contributed by atoms with Crippen LogP contribution >= 0.6 is 0 Å². The summed E-state index contributed by atoms with van der Waals surface area (Å²) in [6.45, 7) is 0. The number of oxime groups is 1. The van der Waals surface area contributed by atoms with Crippen LogP contribution in [0.25, 0.3) is 0 Å². The molecule has 0 aromatic carbocycles. The molecule has 1 saturated carbocycles. The Balaban J connectivity index is 2.25. The summed E-state index contributed by atoms with van der Waals surface area (Å²) in [5, 5.41) is 4.02. The van der Waals surface area contributed by atoms with E-state index in [-0.39, 0.29) is 0 Å². The highest BCUT2D eigenvalue weighted by Gasteiger charge is 2.27. The van der Waals surface area contributed by atoms with Gasteiger partial charge in [-0.2, -0.15) is 0 Å². The third kappa shape index (κ3) is 1.17. The first-order valence-corrected chi connectivity index (χ1v) is 4.39. The zero-order valence-electron chi connectivity index (χ0n) is 7.29. The molecule has 2 nitrogen and oxygen atoms in total. The summed E-state index contributed by atoms with van der Waals surface area (Å²) in [7, 11) is 1.61. The van der Waals surface area contributed by atoms with Crippen LogP contribution in [0, 0.1) is 5.92 Å². The second-order valence-corrected chi connectivity index (χ2v) is 3.24. The molecule has 0 aromatic heterocycles. The Morgan fingerprint density at radius 2 is 2.50 bits per heavy atom. The van der Waals surface area contributed by atoms with Crippen molar-refractivity contribution in [3.8, 4) is 0 Å². The van der Waals surface area contributed by atoms with E-state index in [1.165, 1.54) is 18.4 Å². The smallest absolute Gasteiger partial charge is 0.106 e. The molecule has 0 N–H and O–H groups in total. The van der Waals surface area contributed by atoms with Crippen LogP contribution in [0.2, 0.25) is 0 Å². The summed E-state index contributed by atoms with van der Waals surface area (Å²) in [6, 6.07) is 0. The number of rotatable bonds is 1. The Morgan fingerprint density at radius 3 is 3.33 bits per heavy atom. The van der Waals surface area contributed by atoms with Crippen LogP contribution in [0.4, 0.5) is 0 Å². The maximum atomic E-state index is 4.80. The Morgan fingerprint density at radius 1 is 1.58 bits per heavy atom. The van der Waals surface area contributed by atoms with Gasteiger partial charge in [-0.1, -0.05) is 23.4 Å². The lowest BCUT2D eigenvalue weighted by atomic mass is 9.94. The average Bonchev–Trinajstić information content (AvgIpc) is 2.50. The summed E-state index contributed by atoms with van der Waals surface area (Å²) in [4.78, 5) is 4.80. The number of hydrogen-bond donors (Lipinski definition) is 0. The molecular formula is C10H13NO. The minimum atomic E-state index is 0.712. The van der Waals surface area contributed by atoms with Crippen molar-refractivity contribution >= 4 is 5.71 Å². The van der Waals surface area contributed by atoms with E-state index in [1.807, 2.05) is 0 Å². The maximum absolute atomic E-state index is 4.80. The topological polar surface area (TPSA) is 21.6 Å². The van der Waals surface area contributed by atoms with E-state index in [0.717, 1.165) is 12.1 Å². The third-order valence-electron chi connectivity index (χ3n) is 2.54. The van der Waals surface area contributed by atoms with Gasteiger partial charge < -0.3 is 4.84 Å². The molecule has 2 aliphatic carbocycles. The van der Waals surface area contributed by atoms with Gasteiger partial charge in [0.15, 0.2) is 0 Å². The van der Waals surface area contributed by atoms with Crippen LogP contribution in [-0.4, -0.2) is 12.8 Å². The van der Waals surface area contributed by atoms with Crippen molar-refractivity contribution in [1.29, 1.82) is 0 Å². The van der Waals surface area contributed by atoms with Gasteiger partial charge >= 0.3 is 0 Å². The summed E-state index contributed by atoms with van der Waals surface area (Å²) in [5.41, 5.74) is 2.53. The first-order valence-electron chi connectivity index (χ1n) is 4.39. The summed E-state index contributed by atoms with van der Waals surface area (Å²) in [5.74, 6) is 0.712. The van der Waals surface area contributed by atoms with Gasteiger partial charge in [-0.25, -0.2) is 0 Å². The van der Waals surface area contributed by atoms with E-state index in [0.29, 0.717) is 5.92 Å². The van der Waals surface area contributed by atoms with E-state index in [9.17, 15) is 0 Å². The molecule has 1 unspecified atom stereocenters. The zero-order chi connectivity index (χ0) is 8.39. The summed E-state index contributed by atoms with van der Waals surface area (Å²) in [6.07, 6.45) is 9.99. The third-order valence-corrected chi connectivity index (χ3v) is 2.54. The first kappa shape index (κ1) is 7.59. The van der Waals surface area contributed by atoms with Crippen molar-refractivity contribution < 1.29 is 4.84 Å². The van der Waals surface area contributed by atoms with E-state index >= 15 is 0 Å². The van der Waals surface area contributed by atoms with Crippen LogP contribution < -0.4 is 0 Å². The van der Waals surface area contributed by atoms with Crippen LogP contribution in [-0.2, 0) is 4.84 Å². The lowest BCUT2D eigenvalue weighted by molar-refractivity contribution is 0.213. The second kappa shape index (κ2) is 3.13.